The summed E-state index contributed by atoms with van der Waals surface area (Å²) in [5.74, 6) is 0.840. The van der Waals surface area contributed by atoms with E-state index in [1.807, 2.05) is 12.1 Å². The Balaban J connectivity index is 1.90. The molecule has 3 heterocycles. The lowest BCUT2D eigenvalue weighted by molar-refractivity contribution is -0.799. The zero-order chi connectivity index (χ0) is 15.8. The van der Waals surface area contributed by atoms with Gasteiger partial charge in [0.15, 0.2) is 11.5 Å². The topological polar surface area (TPSA) is 44.8 Å². The number of nitrogens with zero attached hydrogens (tertiary/aromatic N) is 2. The minimum absolute atomic E-state index is 0.235. The van der Waals surface area contributed by atoms with Crippen molar-refractivity contribution in [1.29, 1.82) is 0 Å². The molecule has 4 nitrogen and oxygen atoms in total. The van der Waals surface area contributed by atoms with E-state index in [2.05, 4.69) is 35.5 Å². The summed E-state index contributed by atoms with van der Waals surface area (Å²) in [6, 6.07) is 8.09. The lowest BCUT2D eigenvalue weighted by Crippen LogP contribution is -2.39. The van der Waals surface area contributed by atoms with Crippen molar-refractivity contribution in [3.05, 3.63) is 53.3 Å². The molecule has 5 heteroatoms. The summed E-state index contributed by atoms with van der Waals surface area (Å²) in [6.07, 6.45) is 7.91. The number of fused-ring (bicyclic) bond motifs is 2. The first kappa shape index (κ1) is 14.6. The highest BCUT2D eigenvalue weighted by atomic mass is 32.2. The van der Waals surface area contributed by atoms with Crippen molar-refractivity contribution in [1.82, 2.24) is 0 Å². The summed E-state index contributed by atoms with van der Waals surface area (Å²) in [7, 11) is 0. The Morgan fingerprint density at radius 1 is 1.39 bits per heavy atom. The van der Waals surface area contributed by atoms with E-state index < -0.39 is 0 Å². The van der Waals surface area contributed by atoms with Gasteiger partial charge < -0.3 is 4.74 Å². The average molecular weight is 327 g/mol. The van der Waals surface area contributed by atoms with E-state index in [4.69, 9.17) is 4.74 Å². The highest BCUT2D eigenvalue weighted by Gasteiger charge is 2.44. The predicted molar refractivity (Wildman–Crippen MR) is 91.7 cm³/mol. The number of aliphatic imine (C=N–C) groups is 1. The van der Waals surface area contributed by atoms with Crippen molar-refractivity contribution in [3.63, 3.8) is 0 Å². The molecule has 3 aliphatic heterocycles. The Labute approximate surface area is 139 Å². The van der Waals surface area contributed by atoms with Crippen LogP contribution in [0.4, 0.5) is 0 Å². The molecule has 0 bridgehead atoms. The molecule has 118 valence electrons. The predicted octanol–water partition coefficient (Wildman–Crippen LogP) is 3.38. The molecule has 1 unspecified atom stereocenters. The number of hydrogen-bond acceptors (Lipinski definition) is 4. The summed E-state index contributed by atoms with van der Waals surface area (Å²) in [6.45, 7) is 1.36. The SMILES string of the molecule is CSc1cccc(C2C3=C(OCC=C3)C3=NCCCC3=[N+]2O)c1. The summed E-state index contributed by atoms with van der Waals surface area (Å²) >= 11 is 1.70. The first-order valence-electron chi connectivity index (χ1n) is 7.86. The summed E-state index contributed by atoms with van der Waals surface area (Å²) in [4.78, 5) is 5.79. The van der Waals surface area contributed by atoms with Crippen LogP contribution in [0.5, 0.6) is 0 Å². The Kier molecular flexibility index (Phi) is 3.73. The third-order valence-electron chi connectivity index (χ3n) is 4.44. The van der Waals surface area contributed by atoms with Gasteiger partial charge in [-0.05, 0) is 41.7 Å². The van der Waals surface area contributed by atoms with Gasteiger partial charge in [-0.15, -0.1) is 11.8 Å². The fourth-order valence-corrected chi connectivity index (χ4v) is 3.85. The molecular weight excluding hydrogens is 308 g/mol. The molecule has 0 aliphatic carbocycles. The van der Waals surface area contributed by atoms with Gasteiger partial charge in [0, 0.05) is 23.4 Å². The molecule has 0 radical (unpaired) electrons. The van der Waals surface area contributed by atoms with E-state index in [1.165, 1.54) is 9.63 Å². The number of thioether (sulfide) groups is 1. The fourth-order valence-electron chi connectivity index (χ4n) is 3.38. The number of hydroxylamine groups is 1. The van der Waals surface area contributed by atoms with E-state index in [0.29, 0.717) is 6.61 Å². The molecule has 0 saturated heterocycles. The van der Waals surface area contributed by atoms with Crippen molar-refractivity contribution in [2.45, 2.75) is 23.8 Å². The number of ether oxygens (including phenoxy) is 1. The quantitative estimate of drug-likeness (QED) is 0.514. The van der Waals surface area contributed by atoms with Crippen LogP contribution in [0.1, 0.15) is 24.4 Å². The van der Waals surface area contributed by atoms with E-state index in [0.717, 1.165) is 47.7 Å². The Bertz CT molecular complexity index is 777. The third-order valence-corrected chi connectivity index (χ3v) is 5.16. The normalized spacial score (nSPS) is 23.2. The van der Waals surface area contributed by atoms with Gasteiger partial charge in [-0.1, -0.05) is 12.1 Å². The first-order valence-corrected chi connectivity index (χ1v) is 9.08. The van der Waals surface area contributed by atoms with E-state index in [-0.39, 0.29) is 6.04 Å². The van der Waals surface area contributed by atoms with Crippen molar-refractivity contribution >= 4 is 23.2 Å². The highest BCUT2D eigenvalue weighted by molar-refractivity contribution is 7.98. The van der Waals surface area contributed by atoms with Crippen molar-refractivity contribution in [3.8, 4) is 0 Å². The van der Waals surface area contributed by atoms with Crippen LogP contribution in [0.15, 0.2) is 57.6 Å². The lowest BCUT2D eigenvalue weighted by atomic mass is 9.89. The van der Waals surface area contributed by atoms with Crippen LogP contribution in [-0.4, -0.2) is 40.8 Å². The Hall–Kier alpha value is -2.01. The van der Waals surface area contributed by atoms with Crippen LogP contribution in [0.25, 0.3) is 0 Å². The minimum atomic E-state index is -0.235. The number of hydrogen-bond donors (Lipinski definition) is 1. The van der Waals surface area contributed by atoms with Crippen molar-refractivity contribution in [2.24, 2.45) is 4.99 Å². The number of benzene rings is 1. The molecule has 0 saturated carbocycles. The van der Waals surface area contributed by atoms with Gasteiger partial charge in [-0.2, -0.15) is 0 Å². The van der Waals surface area contributed by atoms with Crippen LogP contribution < -0.4 is 0 Å². The molecule has 0 amide bonds. The van der Waals surface area contributed by atoms with E-state index in [1.54, 1.807) is 11.8 Å². The second kappa shape index (κ2) is 5.89. The van der Waals surface area contributed by atoms with Crippen LogP contribution in [0, 0.1) is 0 Å². The minimum Gasteiger partial charge on any atom is -0.486 e. The molecule has 1 N–H and O–H groups in total. The van der Waals surface area contributed by atoms with E-state index >= 15 is 0 Å². The summed E-state index contributed by atoms with van der Waals surface area (Å²) in [5, 5.41) is 10.9. The van der Waals surface area contributed by atoms with Gasteiger partial charge in [0.2, 0.25) is 0 Å². The lowest BCUT2D eigenvalue weighted by Gasteiger charge is -2.27. The summed E-state index contributed by atoms with van der Waals surface area (Å²) < 4.78 is 7.30. The Morgan fingerprint density at radius 3 is 3.17 bits per heavy atom. The standard InChI is InChI=1S/C18H19N2O2S/c1-23-13-6-2-5-12(11-13)17-14-7-4-10-22-18(14)16-15(20(17)21)8-3-9-19-16/h2,4-7,11,17,21H,3,8-10H2,1H3/q+1. The molecule has 1 atom stereocenters. The van der Waals surface area contributed by atoms with Gasteiger partial charge in [-0.3, -0.25) is 10.2 Å². The largest absolute Gasteiger partial charge is 0.486 e. The van der Waals surface area contributed by atoms with Crippen molar-refractivity contribution < 1.29 is 14.7 Å². The van der Waals surface area contributed by atoms with Crippen LogP contribution >= 0.6 is 11.8 Å². The zero-order valence-corrected chi connectivity index (χ0v) is 13.8. The van der Waals surface area contributed by atoms with Gasteiger partial charge in [-0.25, -0.2) is 0 Å². The van der Waals surface area contributed by atoms with E-state index in [9.17, 15) is 5.21 Å². The van der Waals surface area contributed by atoms with Crippen molar-refractivity contribution in [2.75, 3.05) is 19.4 Å². The third kappa shape index (κ3) is 2.39. The zero-order valence-electron chi connectivity index (χ0n) is 13.0. The van der Waals surface area contributed by atoms with Crippen LogP contribution in [0.3, 0.4) is 0 Å². The number of rotatable bonds is 2. The maximum absolute atomic E-state index is 10.9. The molecule has 0 spiro atoms. The van der Waals surface area contributed by atoms with Gasteiger partial charge in [0.05, 0.1) is 5.57 Å². The molecule has 23 heavy (non-hydrogen) atoms. The Morgan fingerprint density at radius 2 is 2.30 bits per heavy atom. The fraction of sp³-hybridized carbons (Fsp3) is 0.333. The maximum atomic E-state index is 10.9. The smallest absolute Gasteiger partial charge is 0.257 e. The second-order valence-electron chi connectivity index (χ2n) is 5.80. The van der Waals surface area contributed by atoms with Gasteiger partial charge in [0.1, 0.15) is 6.61 Å². The molecule has 1 aromatic rings. The monoisotopic (exact) mass is 327 g/mol. The highest BCUT2D eigenvalue weighted by Crippen LogP contribution is 2.37. The van der Waals surface area contributed by atoms with Gasteiger partial charge >= 0.3 is 0 Å². The average Bonchev–Trinajstić information content (AvgIpc) is 2.62. The first-order chi connectivity index (χ1) is 11.3. The molecule has 3 aliphatic rings. The molecular formula is C18H19N2O2S+. The molecule has 4 rings (SSSR count). The van der Waals surface area contributed by atoms with Crippen LogP contribution in [0.2, 0.25) is 0 Å². The molecule has 0 fully saturated rings. The number of allylic oxidation sites excluding steroid dienone is 1. The maximum Gasteiger partial charge on any atom is 0.257 e. The second-order valence-corrected chi connectivity index (χ2v) is 6.68. The summed E-state index contributed by atoms with van der Waals surface area (Å²) in [5.41, 5.74) is 3.76. The van der Waals surface area contributed by atoms with Gasteiger partial charge in [0.25, 0.3) is 11.8 Å². The molecule has 1 aromatic carbocycles. The molecule has 0 aromatic heterocycles. The van der Waals surface area contributed by atoms with Crippen LogP contribution in [-0.2, 0) is 4.74 Å².